The number of rotatable bonds is 3. The number of carbonyl (C=O) groups excluding carboxylic acids is 1. The van der Waals surface area contributed by atoms with Gasteiger partial charge < -0.3 is 5.32 Å². The molecule has 10 heteroatoms. The molecule has 0 unspecified atom stereocenters. The zero-order valence-electron chi connectivity index (χ0n) is 14.0. The number of H-pyrrole nitrogens is 1. The van der Waals surface area contributed by atoms with Gasteiger partial charge in [0.25, 0.3) is 5.91 Å². The lowest BCUT2D eigenvalue weighted by Crippen LogP contribution is -2.20. The Morgan fingerprint density at radius 2 is 1.82 bits per heavy atom. The molecule has 0 bridgehead atoms. The van der Waals surface area contributed by atoms with Crippen LogP contribution in [0.15, 0.2) is 54.9 Å². The molecule has 1 amide bonds. The zero-order valence-corrected chi connectivity index (χ0v) is 14.0. The van der Waals surface area contributed by atoms with Crippen LogP contribution in [-0.2, 0) is 6.18 Å². The highest BCUT2D eigenvalue weighted by Crippen LogP contribution is 2.34. The number of aromatic amines is 1. The van der Waals surface area contributed by atoms with E-state index in [1.54, 1.807) is 12.1 Å². The quantitative estimate of drug-likeness (QED) is 0.517. The topological polar surface area (TPSA) is 75.6 Å². The van der Waals surface area contributed by atoms with Crippen molar-refractivity contribution in [3.05, 3.63) is 71.9 Å². The Morgan fingerprint density at radius 1 is 1.07 bits per heavy atom. The van der Waals surface area contributed by atoms with Crippen LogP contribution in [-0.4, -0.2) is 25.9 Å². The van der Waals surface area contributed by atoms with Crippen LogP contribution in [0.25, 0.3) is 16.6 Å². The lowest BCUT2D eigenvalue weighted by atomic mass is 10.2. The van der Waals surface area contributed by atoms with Crippen LogP contribution >= 0.6 is 0 Å². The van der Waals surface area contributed by atoms with Gasteiger partial charge >= 0.3 is 6.18 Å². The molecule has 4 aromatic rings. The van der Waals surface area contributed by atoms with Crippen molar-refractivity contribution in [2.45, 2.75) is 6.18 Å². The average molecular weight is 389 g/mol. The second kappa shape index (κ2) is 6.48. The molecule has 0 fully saturated rings. The van der Waals surface area contributed by atoms with E-state index in [2.05, 4.69) is 20.6 Å². The normalized spacial score (nSPS) is 11.7. The van der Waals surface area contributed by atoms with Crippen molar-refractivity contribution in [2.24, 2.45) is 0 Å². The number of carbonyl (C=O) groups is 1. The number of fused-ring (bicyclic) bond motifs is 1. The van der Waals surface area contributed by atoms with Crippen molar-refractivity contribution in [2.75, 3.05) is 5.32 Å². The molecule has 0 aliphatic rings. The summed E-state index contributed by atoms with van der Waals surface area (Å²) in [5.41, 5.74) is -0.891. The van der Waals surface area contributed by atoms with Crippen molar-refractivity contribution in [1.82, 2.24) is 20.0 Å². The summed E-state index contributed by atoms with van der Waals surface area (Å²) in [7, 11) is 0. The number of anilines is 1. The van der Waals surface area contributed by atoms with Crippen molar-refractivity contribution < 1.29 is 22.4 Å². The number of benzene rings is 2. The molecule has 2 heterocycles. The van der Waals surface area contributed by atoms with E-state index in [1.807, 2.05) is 0 Å². The van der Waals surface area contributed by atoms with Gasteiger partial charge in [0.1, 0.15) is 5.82 Å². The minimum absolute atomic E-state index is 0.0207. The van der Waals surface area contributed by atoms with Crippen molar-refractivity contribution in [3.63, 3.8) is 0 Å². The second-order valence-corrected chi connectivity index (χ2v) is 5.92. The molecule has 28 heavy (non-hydrogen) atoms. The monoisotopic (exact) mass is 389 g/mol. The lowest BCUT2D eigenvalue weighted by Gasteiger charge is -2.13. The second-order valence-electron chi connectivity index (χ2n) is 5.92. The Hall–Kier alpha value is -3.69. The summed E-state index contributed by atoms with van der Waals surface area (Å²) < 4.78 is 54.6. The van der Waals surface area contributed by atoms with Gasteiger partial charge in [0.15, 0.2) is 5.69 Å². The van der Waals surface area contributed by atoms with Crippen LogP contribution in [0.4, 0.5) is 23.2 Å². The third kappa shape index (κ3) is 3.20. The van der Waals surface area contributed by atoms with Crippen LogP contribution in [0.2, 0.25) is 0 Å². The van der Waals surface area contributed by atoms with Crippen molar-refractivity contribution >= 4 is 22.5 Å². The van der Waals surface area contributed by atoms with Gasteiger partial charge in [0.05, 0.1) is 29.2 Å². The van der Waals surface area contributed by atoms with E-state index < -0.39 is 29.2 Å². The molecule has 0 aliphatic carbocycles. The number of hydrogen-bond acceptors (Lipinski definition) is 3. The Morgan fingerprint density at radius 3 is 2.54 bits per heavy atom. The maximum absolute atomic E-state index is 13.6. The first-order valence-corrected chi connectivity index (χ1v) is 7.98. The summed E-state index contributed by atoms with van der Waals surface area (Å²) >= 11 is 0. The highest BCUT2D eigenvalue weighted by Gasteiger charge is 2.40. The van der Waals surface area contributed by atoms with Crippen LogP contribution in [0.5, 0.6) is 0 Å². The van der Waals surface area contributed by atoms with E-state index >= 15 is 0 Å². The molecule has 0 spiro atoms. The molecule has 0 radical (unpaired) electrons. The molecule has 6 nitrogen and oxygen atoms in total. The number of nitrogens with one attached hydrogen (secondary N) is 2. The molecule has 0 saturated carbocycles. The molecule has 142 valence electrons. The predicted octanol–water partition coefficient (Wildman–Crippen LogP) is 4.16. The maximum atomic E-state index is 13.6. The number of alkyl halides is 3. The first-order valence-electron chi connectivity index (χ1n) is 7.98. The largest absolute Gasteiger partial charge is 0.434 e. The maximum Gasteiger partial charge on any atom is 0.434 e. The van der Waals surface area contributed by atoms with Crippen LogP contribution in [0.1, 0.15) is 16.1 Å². The molecule has 2 aromatic carbocycles. The summed E-state index contributed by atoms with van der Waals surface area (Å²) in [6, 6.07) is 9.07. The summed E-state index contributed by atoms with van der Waals surface area (Å²) in [5.74, 6) is -1.57. The average Bonchev–Trinajstić information content (AvgIpc) is 3.28. The van der Waals surface area contributed by atoms with Gasteiger partial charge in [-0.15, -0.1) is 0 Å². The number of halogens is 4. The van der Waals surface area contributed by atoms with E-state index in [0.29, 0.717) is 15.8 Å². The van der Waals surface area contributed by atoms with E-state index in [1.165, 1.54) is 12.3 Å². The van der Waals surface area contributed by atoms with Crippen molar-refractivity contribution in [1.29, 1.82) is 0 Å². The zero-order chi connectivity index (χ0) is 19.9. The number of nitrogens with zero attached hydrogens (tertiary/aromatic N) is 3. The Labute approximate surface area is 154 Å². The first-order chi connectivity index (χ1) is 13.3. The first kappa shape index (κ1) is 17.7. The molecule has 2 aromatic heterocycles. The van der Waals surface area contributed by atoms with Gasteiger partial charge in [0, 0.05) is 11.1 Å². The number of aromatic nitrogens is 4. The Bertz CT molecular complexity index is 1160. The Balaban J connectivity index is 1.72. The van der Waals surface area contributed by atoms with Crippen LogP contribution < -0.4 is 5.32 Å². The Kier molecular flexibility index (Phi) is 4.10. The molecule has 0 saturated heterocycles. The van der Waals surface area contributed by atoms with E-state index in [4.69, 9.17) is 0 Å². The molecule has 4 rings (SSSR count). The van der Waals surface area contributed by atoms with Gasteiger partial charge in [0.2, 0.25) is 0 Å². The molecular weight excluding hydrogens is 378 g/mol. The molecular formula is C18H11F4N5O. The van der Waals surface area contributed by atoms with Crippen LogP contribution in [0.3, 0.4) is 0 Å². The highest BCUT2D eigenvalue weighted by atomic mass is 19.4. The fraction of sp³-hybridized carbons (Fsp3) is 0.0556. The van der Waals surface area contributed by atoms with Crippen LogP contribution in [0, 0.1) is 5.82 Å². The van der Waals surface area contributed by atoms with Gasteiger partial charge in [-0.2, -0.15) is 23.4 Å². The number of amides is 1. The lowest BCUT2D eigenvalue weighted by molar-refractivity contribution is -0.143. The molecule has 0 atom stereocenters. The SMILES string of the molecule is O=C(Nc1ccc2[nH]ncc2c1)c1cnn(-c2ccc(F)cc2)c1C(F)(F)F. The fourth-order valence-corrected chi connectivity index (χ4v) is 2.78. The van der Waals surface area contributed by atoms with Gasteiger partial charge in [-0.25, -0.2) is 9.07 Å². The fourth-order valence-electron chi connectivity index (χ4n) is 2.78. The predicted molar refractivity (Wildman–Crippen MR) is 92.6 cm³/mol. The summed E-state index contributed by atoms with van der Waals surface area (Å²) in [6.07, 6.45) is -2.50. The van der Waals surface area contributed by atoms with E-state index in [0.717, 1.165) is 36.0 Å². The van der Waals surface area contributed by atoms with Crippen molar-refractivity contribution in [3.8, 4) is 5.69 Å². The third-order valence-electron chi connectivity index (χ3n) is 4.05. The number of hydrogen-bond donors (Lipinski definition) is 2. The minimum atomic E-state index is -4.86. The van der Waals surface area contributed by atoms with Gasteiger partial charge in [-0.3, -0.25) is 9.89 Å². The smallest absolute Gasteiger partial charge is 0.322 e. The summed E-state index contributed by atoms with van der Waals surface area (Å²) in [4.78, 5) is 12.5. The molecule has 2 N–H and O–H groups in total. The van der Waals surface area contributed by atoms with E-state index in [-0.39, 0.29) is 5.69 Å². The van der Waals surface area contributed by atoms with Gasteiger partial charge in [-0.1, -0.05) is 0 Å². The van der Waals surface area contributed by atoms with Gasteiger partial charge in [-0.05, 0) is 42.5 Å². The minimum Gasteiger partial charge on any atom is -0.322 e. The summed E-state index contributed by atoms with van der Waals surface area (Å²) in [5, 5.41) is 13.4. The summed E-state index contributed by atoms with van der Waals surface area (Å²) in [6.45, 7) is 0. The van der Waals surface area contributed by atoms with E-state index in [9.17, 15) is 22.4 Å². The standard InChI is InChI=1S/C18H11F4N5O/c19-11-1-4-13(5-2-11)27-16(18(20,21)22)14(9-24-27)17(28)25-12-3-6-15-10(7-12)8-23-26-15/h1-9H,(H,23,26)(H,25,28). The highest BCUT2D eigenvalue weighted by molar-refractivity contribution is 6.05. The molecule has 0 aliphatic heterocycles. The third-order valence-corrected chi connectivity index (χ3v) is 4.05.